The van der Waals surface area contributed by atoms with Crippen LogP contribution in [-0.4, -0.2) is 31.7 Å². The van der Waals surface area contributed by atoms with E-state index in [9.17, 15) is 4.79 Å². The number of hydrogen-bond acceptors (Lipinski definition) is 5. The van der Waals surface area contributed by atoms with Crippen LogP contribution in [0.25, 0.3) is 11.1 Å². The number of carbonyl (C=O) groups excluding carboxylic acids is 1. The summed E-state index contributed by atoms with van der Waals surface area (Å²) in [5.41, 5.74) is 12.5. The van der Waals surface area contributed by atoms with Gasteiger partial charge in [0.2, 0.25) is 0 Å². The molecular formula is C28H32N2O3. The smallest absolute Gasteiger partial charge is 0.323 e. The number of rotatable bonds is 6. The van der Waals surface area contributed by atoms with Crippen molar-refractivity contribution in [1.29, 1.82) is 0 Å². The summed E-state index contributed by atoms with van der Waals surface area (Å²) in [7, 11) is 4.05. The number of esters is 1. The van der Waals surface area contributed by atoms with E-state index in [1.165, 1.54) is 22.3 Å². The van der Waals surface area contributed by atoms with E-state index in [1.54, 1.807) is 0 Å². The Morgan fingerprint density at radius 2 is 1.70 bits per heavy atom. The zero-order valence-electron chi connectivity index (χ0n) is 20.0. The molecule has 4 rings (SSSR count). The Kier molecular flexibility index (Phi) is 6.17. The molecule has 1 aliphatic carbocycles. The fourth-order valence-electron chi connectivity index (χ4n) is 4.16. The molecule has 0 heterocycles. The minimum atomic E-state index is -0.702. The predicted octanol–water partition coefficient (Wildman–Crippen LogP) is 5.33. The van der Waals surface area contributed by atoms with Crippen molar-refractivity contribution in [3.8, 4) is 22.6 Å². The number of fused-ring (bicyclic) bond motifs is 3. The van der Waals surface area contributed by atoms with Gasteiger partial charge in [-0.05, 0) is 67.6 Å². The molecule has 0 radical (unpaired) electrons. The molecule has 0 amide bonds. The number of nitrogens with two attached hydrogens (primary N) is 1. The van der Waals surface area contributed by atoms with Gasteiger partial charge < -0.3 is 20.1 Å². The molecule has 0 aromatic heterocycles. The van der Waals surface area contributed by atoms with Crippen LogP contribution >= 0.6 is 0 Å². The first-order chi connectivity index (χ1) is 15.6. The summed E-state index contributed by atoms with van der Waals surface area (Å²) in [5.74, 6) is 1.24. The van der Waals surface area contributed by atoms with Gasteiger partial charge in [-0.15, -0.1) is 0 Å². The fourth-order valence-corrected chi connectivity index (χ4v) is 4.16. The molecule has 5 nitrogen and oxygen atoms in total. The Labute approximate surface area is 196 Å². The molecule has 1 aliphatic rings. The van der Waals surface area contributed by atoms with Gasteiger partial charge in [-0.1, -0.05) is 42.5 Å². The molecule has 3 aromatic carbocycles. The molecule has 0 bridgehead atoms. The minimum Gasteiger partial charge on any atom is -0.459 e. The molecule has 0 aliphatic heterocycles. The summed E-state index contributed by atoms with van der Waals surface area (Å²) in [5, 5.41) is 0. The van der Waals surface area contributed by atoms with Gasteiger partial charge in [-0.25, -0.2) is 0 Å². The number of carbonyl (C=O) groups is 1. The van der Waals surface area contributed by atoms with Crippen molar-refractivity contribution >= 4 is 11.7 Å². The zero-order chi connectivity index (χ0) is 23.8. The van der Waals surface area contributed by atoms with Crippen molar-refractivity contribution in [3.05, 3.63) is 77.4 Å². The maximum atomic E-state index is 12.2. The molecule has 0 saturated heterocycles. The van der Waals surface area contributed by atoms with E-state index < -0.39 is 17.6 Å². The zero-order valence-corrected chi connectivity index (χ0v) is 20.0. The third-order valence-electron chi connectivity index (χ3n) is 5.70. The standard InChI is InChI=1S/C28H32N2O3/c1-28(2,3)33-27(31)24(29)16-18-10-12-20(13-11-18)32-26-23-17-19-8-6-7-9-21(19)22(23)14-15-25(26)30(4)5/h6-15,24H,16-17,29H2,1-5H3/t24-/m0/s1. The van der Waals surface area contributed by atoms with Crippen LogP contribution in [0.3, 0.4) is 0 Å². The molecule has 33 heavy (non-hydrogen) atoms. The molecular weight excluding hydrogens is 412 g/mol. The maximum absolute atomic E-state index is 12.2. The first-order valence-electron chi connectivity index (χ1n) is 11.3. The van der Waals surface area contributed by atoms with Gasteiger partial charge in [0.15, 0.2) is 5.75 Å². The number of ether oxygens (including phenoxy) is 2. The highest BCUT2D eigenvalue weighted by atomic mass is 16.6. The van der Waals surface area contributed by atoms with Crippen molar-refractivity contribution in [2.75, 3.05) is 19.0 Å². The summed E-state index contributed by atoms with van der Waals surface area (Å²) in [4.78, 5) is 14.3. The normalized spacial score (nSPS) is 13.2. The topological polar surface area (TPSA) is 64.8 Å². The number of hydrogen-bond donors (Lipinski definition) is 1. The van der Waals surface area contributed by atoms with Gasteiger partial charge in [-0.2, -0.15) is 0 Å². The average Bonchev–Trinajstić information content (AvgIpc) is 3.13. The predicted molar refractivity (Wildman–Crippen MR) is 133 cm³/mol. The Morgan fingerprint density at radius 1 is 1.00 bits per heavy atom. The van der Waals surface area contributed by atoms with Crippen molar-refractivity contribution in [2.45, 2.75) is 45.3 Å². The largest absolute Gasteiger partial charge is 0.459 e. The van der Waals surface area contributed by atoms with Gasteiger partial charge in [0.05, 0.1) is 5.69 Å². The van der Waals surface area contributed by atoms with Crippen LogP contribution in [-0.2, 0) is 22.4 Å². The summed E-state index contributed by atoms with van der Waals surface area (Å²) in [6, 6.07) is 19.9. The molecule has 0 saturated carbocycles. The summed E-state index contributed by atoms with van der Waals surface area (Å²) in [6.45, 7) is 5.51. The van der Waals surface area contributed by atoms with E-state index in [-0.39, 0.29) is 0 Å². The third-order valence-corrected chi connectivity index (χ3v) is 5.70. The number of nitrogens with zero attached hydrogens (tertiary/aromatic N) is 1. The fraction of sp³-hybridized carbons (Fsp3) is 0.321. The van der Waals surface area contributed by atoms with Crippen LogP contribution < -0.4 is 15.4 Å². The molecule has 0 fully saturated rings. The van der Waals surface area contributed by atoms with Crippen LogP contribution in [0.5, 0.6) is 11.5 Å². The van der Waals surface area contributed by atoms with E-state index in [0.717, 1.165) is 29.2 Å². The lowest BCUT2D eigenvalue weighted by molar-refractivity contribution is -0.156. The molecule has 172 valence electrons. The lowest BCUT2D eigenvalue weighted by atomic mass is 10.0. The van der Waals surface area contributed by atoms with Crippen LogP contribution in [0.15, 0.2) is 60.7 Å². The molecule has 3 aromatic rings. The highest BCUT2D eigenvalue weighted by molar-refractivity contribution is 5.83. The minimum absolute atomic E-state index is 0.391. The van der Waals surface area contributed by atoms with E-state index >= 15 is 0 Å². The van der Waals surface area contributed by atoms with Crippen LogP contribution in [0.2, 0.25) is 0 Å². The Balaban J connectivity index is 1.55. The van der Waals surface area contributed by atoms with Crippen molar-refractivity contribution in [3.63, 3.8) is 0 Å². The molecule has 1 atom stereocenters. The molecule has 5 heteroatoms. The third kappa shape index (κ3) is 5.04. The summed E-state index contributed by atoms with van der Waals surface area (Å²) in [6.07, 6.45) is 1.26. The van der Waals surface area contributed by atoms with E-state index in [4.69, 9.17) is 15.2 Å². The molecule has 2 N–H and O–H groups in total. The number of anilines is 1. The van der Waals surface area contributed by atoms with Crippen LogP contribution in [0.1, 0.15) is 37.5 Å². The van der Waals surface area contributed by atoms with E-state index in [0.29, 0.717) is 6.42 Å². The first-order valence-corrected chi connectivity index (χ1v) is 11.3. The van der Waals surface area contributed by atoms with Gasteiger partial charge in [0.25, 0.3) is 0 Å². The summed E-state index contributed by atoms with van der Waals surface area (Å²) >= 11 is 0. The number of benzene rings is 3. The van der Waals surface area contributed by atoms with Crippen LogP contribution in [0.4, 0.5) is 5.69 Å². The average molecular weight is 445 g/mol. The molecule has 0 spiro atoms. The lowest BCUT2D eigenvalue weighted by Crippen LogP contribution is -2.38. The van der Waals surface area contributed by atoms with Crippen molar-refractivity contribution in [2.24, 2.45) is 5.73 Å². The van der Waals surface area contributed by atoms with E-state index in [1.807, 2.05) is 59.1 Å². The van der Waals surface area contributed by atoms with Crippen molar-refractivity contribution in [1.82, 2.24) is 0 Å². The Hall–Kier alpha value is -3.31. The SMILES string of the molecule is CN(C)c1ccc2c(c1Oc1ccc(C[C@H](N)C(=O)OC(C)(C)C)cc1)Cc1ccccc1-2. The van der Waals surface area contributed by atoms with Crippen LogP contribution in [0, 0.1) is 0 Å². The Bertz CT molecular complexity index is 1160. The van der Waals surface area contributed by atoms with Gasteiger partial charge >= 0.3 is 5.97 Å². The maximum Gasteiger partial charge on any atom is 0.323 e. The van der Waals surface area contributed by atoms with Gasteiger partial charge in [-0.3, -0.25) is 4.79 Å². The first kappa shape index (κ1) is 22.9. The Morgan fingerprint density at radius 3 is 2.36 bits per heavy atom. The monoisotopic (exact) mass is 444 g/mol. The van der Waals surface area contributed by atoms with Gasteiger partial charge in [0.1, 0.15) is 17.4 Å². The highest BCUT2D eigenvalue weighted by Crippen LogP contribution is 2.46. The second kappa shape index (κ2) is 8.91. The van der Waals surface area contributed by atoms with Gasteiger partial charge in [0, 0.05) is 26.1 Å². The second-order valence-corrected chi connectivity index (χ2v) is 9.76. The summed E-state index contributed by atoms with van der Waals surface area (Å²) < 4.78 is 11.8. The second-order valence-electron chi connectivity index (χ2n) is 9.76. The molecule has 0 unspecified atom stereocenters. The lowest BCUT2D eigenvalue weighted by Gasteiger charge is -2.22. The van der Waals surface area contributed by atoms with Crippen molar-refractivity contribution < 1.29 is 14.3 Å². The van der Waals surface area contributed by atoms with E-state index in [2.05, 4.69) is 41.3 Å². The highest BCUT2D eigenvalue weighted by Gasteiger charge is 2.25. The quantitative estimate of drug-likeness (QED) is 0.407.